The van der Waals surface area contributed by atoms with Gasteiger partial charge in [0.25, 0.3) is 0 Å². The molecule has 1 unspecified atom stereocenters. The van der Waals surface area contributed by atoms with Crippen LogP contribution < -0.4 is 0 Å². The van der Waals surface area contributed by atoms with Crippen molar-refractivity contribution < 1.29 is 14.9 Å². The molecule has 1 aromatic rings. The van der Waals surface area contributed by atoms with Crippen molar-refractivity contribution in [3.63, 3.8) is 0 Å². The van der Waals surface area contributed by atoms with Crippen LogP contribution in [0.25, 0.3) is 0 Å². The summed E-state index contributed by atoms with van der Waals surface area (Å²) in [5.41, 5.74) is 1.12. The van der Waals surface area contributed by atoms with Gasteiger partial charge in [0.05, 0.1) is 25.9 Å². The molecule has 1 aromatic carbocycles. The summed E-state index contributed by atoms with van der Waals surface area (Å²) in [7, 11) is 0. The van der Waals surface area contributed by atoms with E-state index >= 15 is 0 Å². The second-order valence-electron chi connectivity index (χ2n) is 5.46. The summed E-state index contributed by atoms with van der Waals surface area (Å²) >= 11 is 0. The van der Waals surface area contributed by atoms with Crippen molar-refractivity contribution >= 4 is 0 Å². The molecule has 4 nitrogen and oxygen atoms in total. The molecule has 112 valence electrons. The van der Waals surface area contributed by atoms with Crippen molar-refractivity contribution in [1.82, 2.24) is 4.90 Å². The number of nitrogens with zero attached hydrogens (tertiary/aromatic N) is 1. The van der Waals surface area contributed by atoms with Gasteiger partial charge in [0.15, 0.2) is 0 Å². The van der Waals surface area contributed by atoms with E-state index in [-0.39, 0.29) is 6.61 Å². The second kappa shape index (κ2) is 8.37. The Kier molecular flexibility index (Phi) is 6.47. The number of hydrogen-bond donors (Lipinski definition) is 2. The molecule has 1 atom stereocenters. The lowest BCUT2D eigenvalue weighted by atomic mass is 9.91. The lowest BCUT2D eigenvalue weighted by Crippen LogP contribution is -2.46. The predicted molar refractivity (Wildman–Crippen MR) is 78.4 cm³/mol. The monoisotopic (exact) mass is 279 g/mol. The Morgan fingerprint density at radius 2 is 2.00 bits per heavy atom. The van der Waals surface area contributed by atoms with Crippen LogP contribution in [0.15, 0.2) is 30.3 Å². The average Bonchev–Trinajstić information content (AvgIpc) is 2.38. The van der Waals surface area contributed by atoms with Gasteiger partial charge in [0.1, 0.15) is 0 Å². The molecule has 2 rings (SSSR count). The van der Waals surface area contributed by atoms with E-state index in [0.29, 0.717) is 32.3 Å². The first kappa shape index (κ1) is 15.4. The van der Waals surface area contributed by atoms with E-state index in [1.807, 2.05) is 30.3 Å². The smallest absolute Gasteiger partial charge is 0.0900 e. The van der Waals surface area contributed by atoms with Crippen LogP contribution in [0.2, 0.25) is 0 Å². The zero-order valence-corrected chi connectivity index (χ0v) is 11.9. The average molecular weight is 279 g/mol. The van der Waals surface area contributed by atoms with Crippen LogP contribution in [-0.2, 0) is 11.3 Å². The summed E-state index contributed by atoms with van der Waals surface area (Å²) in [6.45, 7) is 2.24. The molecule has 0 aliphatic heterocycles. The first-order chi connectivity index (χ1) is 9.79. The van der Waals surface area contributed by atoms with Crippen LogP contribution in [0.4, 0.5) is 0 Å². The van der Waals surface area contributed by atoms with Crippen molar-refractivity contribution in [2.45, 2.75) is 38.0 Å². The molecule has 0 aromatic heterocycles. The first-order valence-corrected chi connectivity index (χ1v) is 7.44. The van der Waals surface area contributed by atoms with Gasteiger partial charge in [-0.1, -0.05) is 36.8 Å². The summed E-state index contributed by atoms with van der Waals surface area (Å²) < 4.78 is 5.55. The third kappa shape index (κ3) is 4.87. The Morgan fingerprint density at radius 1 is 1.25 bits per heavy atom. The van der Waals surface area contributed by atoms with Crippen LogP contribution in [0, 0.1) is 0 Å². The number of benzene rings is 1. The predicted octanol–water partition coefficient (Wildman–Crippen LogP) is 1.41. The minimum absolute atomic E-state index is 0.147. The molecule has 0 radical (unpaired) electrons. The third-order valence-electron chi connectivity index (χ3n) is 3.85. The quantitative estimate of drug-likeness (QED) is 0.717. The maximum Gasteiger partial charge on any atom is 0.0900 e. The van der Waals surface area contributed by atoms with Crippen molar-refractivity contribution in [1.29, 1.82) is 0 Å². The minimum atomic E-state index is -0.495. The van der Waals surface area contributed by atoms with E-state index in [4.69, 9.17) is 9.84 Å². The fourth-order valence-electron chi connectivity index (χ4n) is 2.51. The van der Waals surface area contributed by atoms with Gasteiger partial charge in [-0.2, -0.15) is 0 Å². The SMILES string of the molecule is OCCN(CC(O)COCc1ccccc1)C1CCC1. The Bertz CT molecular complexity index is 367. The number of aliphatic hydroxyl groups is 2. The molecule has 1 aliphatic carbocycles. The van der Waals surface area contributed by atoms with Crippen molar-refractivity contribution in [2.75, 3.05) is 26.3 Å². The normalized spacial score (nSPS) is 17.1. The Hall–Kier alpha value is -0.940. The summed E-state index contributed by atoms with van der Waals surface area (Å²) in [6, 6.07) is 10.5. The van der Waals surface area contributed by atoms with Gasteiger partial charge in [-0.25, -0.2) is 0 Å². The molecular weight excluding hydrogens is 254 g/mol. The van der Waals surface area contributed by atoms with E-state index in [1.54, 1.807) is 0 Å². The highest BCUT2D eigenvalue weighted by Gasteiger charge is 2.25. The highest BCUT2D eigenvalue weighted by Crippen LogP contribution is 2.24. The molecule has 2 N–H and O–H groups in total. The fraction of sp³-hybridized carbons (Fsp3) is 0.625. The van der Waals surface area contributed by atoms with E-state index in [1.165, 1.54) is 19.3 Å². The zero-order chi connectivity index (χ0) is 14.2. The lowest BCUT2D eigenvalue weighted by molar-refractivity contribution is -0.00967. The summed E-state index contributed by atoms with van der Waals surface area (Å²) in [6.07, 6.45) is 3.12. The van der Waals surface area contributed by atoms with Crippen molar-refractivity contribution in [3.05, 3.63) is 35.9 Å². The molecular formula is C16H25NO3. The molecule has 1 aliphatic rings. The highest BCUT2D eigenvalue weighted by molar-refractivity contribution is 5.13. The molecule has 1 fully saturated rings. The summed E-state index contributed by atoms with van der Waals surface area (Å²) in [5, 5.41) is 19.1. The van der Waals surface area contributed by atoms with Crippen molar-refractivity contribution in [2.24, 2.45) is 0 Å². The van der Waals surface area contributed by atoms with E-state index in [9.17, 15) is 5.11 Å². The van der Waals surface area contributed by atoms with E-state index < -0.39 is 6.10 Å². The molecule has 0 saturated heterocycles. The van der Waals surface area contributed by atoms with E-state index in [2.05, 4.69) is 4.90 Å². The van der Waals surface area contributed by atoms with Gasteiger partial charge in [0.2, 0.25) is 0 Å². The molecule has 0 spiro atoms. The Labute approximate surface area is 121 Å². The van der Waals surface area contributed by atoms with Gasteiger partial charge in [-0.15, -0.1) is 0 Å². The second-order valence-corrected chi connectivity index (χ2v) is 5.46. The van der Waals surface area contributed by atoms with Gasteiger partial charge in [-0.3, -0.25) is 4.90 Å². The number of rotatable bonds is 9. The Morgan fingerprint density at radius 3 is 2.60 bits per heavy atom. The fourth-order valence-corrected chi connectivity index (χ4v) is 2.51. The maximum absolute atomic E-state index is 10.0. The first-order valence-electron chi connectivity index (χ1n) is 7.44. The molecule has 0 amide bonds. The topological polar surface area (TPSA) is 52.9 Å². The number of aliphatic hydroxyl groups excluding tert-OH is 2. The van der Waals surface area contributed by atoms with E-state index in [0.717, 1.165) is 5.56 Å². The third-order valence-corrected chi connectivity index (χ3v) is 3.85. The number of hydrogen-bond acceptors (Lipinski definition) is 4. The van der Waals surface area contributed by atoms with Crippen LogP contribution in [-0.4, -0.2) is 53.6 Å². The van der Waals surface area contributed by atoms with Gasteiger partial charge < -0.3 is 14.9 Å². The highest BCUT2D eigenvalue weighted by atomic mass is 16.5. The van der Waals surface area contributed by atoms with Gasteiger partial charge in [-0.05, 0) is 18.4 Å². The molecule has 0 bridgehead atoms. The zero-order valence-electron chi connectivity index (χ0n) is 11.9. The standard InChI is InChI=1S/C16H25NO3/c18-10-9-17(15-7-4-8-15)11-16(19)13-20-12-14-5-2-1-3-6-14/h1-3,5-6,15-16,18-19H,4,7-13H2. The summed E-state index contributed by atoms with van der Waals surface area (Å²) in [5.74, 6) is 0. The number of ether oxygens (including phenoxy) is 1. The molecule has 1 saturated carbocycles. The van der Waals surface area contributed by atoms with Crippen LogP contribution in [0.3, 0.4) is 0 Å². The summed E-state index contributed by atoms with van der Waals surface area (Å²) in [4.78, 5) is 2.18. The lowest BCUT2D eigenvalue weighted by Gasteiger charge is -2.38. The maximum atomic E-state index is 10.0. The van der Waals surface area contributed by atoms with Crippen LogP contribution >= 0.6 is 0 Å². The van der Waals surface area contributed by atoms with Crippen molar-refractivity contribution in [3.8, 4) is 0 Å². The van der Waals surface area contributed by atoms with Crippen LogP contribution in [0.1, 0.15) is 24.8 Å². The van der Waals surface area contributed by atoms with Crippen LogP contribution in [0.5, 0.6) is 0 Å². The van der Waals surface area contributed by atoms with Gasteiger partial charge >= 0.3 is 0 Å². The van der Waals surface area contributed by atoms with Gasteiger partial charge in [0, 0.05) is 19.1 Å². The molecule has 0 heterocycles. The largest absolute Gasteiger partial charge is 0.395 e. The molecule has 4 heteroatoms. The minimum Gasteiger partial charge on any atom is -0.395 e. The Balaban J connectivity index is 1.66. The molecule has 20 heavy (non-hydrogen) atoms.